The van der Waals surface area contributed by atoms with Crippen LogP contribution in [0.25, 0.3) is 0 Å². The van der Waals surface area contributed by atoms with E-state index in [9.17, 15) is 0 Å². The summed E-state index contributed by atoms with van der Waals surface area (Å²) < 4.78 is 0. The topological polar surface area (TPSA) is 0 Å². The van der Waals surface area contributed by atoms with Gasteiger partial charge in [0.2, 0.25) is 0 Å². The Morgan fingerprint density at radius 3 is 2.00 bits per heavy atom. The molecule has 0 N–H and O–H groups in total. The van der Waals surface area contributed by atoms with Gasteiger partial charge in [-0.15, -0.1) is 6.58 Å². The lowest BCUT2D eigenvalue weighted by Crippen LogP contribution is -2.51. The van der Waals surface area contributed by atoms with Crippen molar-refractivity contribution in [3.8, 4) is 0 Å². The van der Waals surface area contributed by atoms with E-state index in [0.717, 1.165) is 12.8 Å². The van der Waals surface area contributed by atoms with Gasteiger partial charge in [0.1, 0.15) is 0 Å². The first-order valence-electron chi connectivity index (χ1n) is 7.73. The molecule has 2 rings (SSSR count). The van der Waals surface area contributed by atoms with Gasteiger partial charge in [0, 0.05) is 0 Å². The minimum atomic E-state index is -1.60. The molecule has 0 heterocycles. The van der Waals surface area contributed by atoms with E-state index >= 15 is 0 Å². The van der Waals surface area contributed by atoms with Crippen LogP contribution in [0.4, 0.5) is 0 Å². The fourth-order valence-electron chi connectivity index (χ4n) is 2.90. The molecule has 110 valence electrons. The molecule has 0 saturated heterocycles. The molecule has 2 aromatic rings. The van der Waals surface area contributed by atoms with Crippen LogP contribution in [0.15, 0.2) is 73.3 Å². The van der Waals surface area contributed by atoms with E-state index in [0.29, 0.717) is 0 Å². The van der Waals surface area contributed by atoms with Gasteiger partial charge in [-0.1, -0.05) is 91.9 Å². The molecule has 0 aliphatic carbocycles. The monoisotopic (exact) mass is 294 g/mol. The zero-order valence-corrected chi connectivity index (χ0v) is 14.5. The minimum Gasteiger partial charge on any atom is -0.103 e. The molecule has 21 heavy (non-hydrogen) atoms. The molecule has 1 heteroatoms. The predicted octanol–water partition coefficient (Wildman–Crippen LogP) is 5.18. The van der Waals surface area contributed by atoms with Crippen molar-refractivity contribution in [3.63, 3.8) is 0 Å². The van der Waals surface area contributed by atoms with Crippen molar-refractivity contribution in [2.75, 3.05) is 0 Å². The molecule has 0 aliphatic rings. The van der Waals surface area contributed by atoms with Gasteiger partial charge in [0.15, 0.2) is 0 Å². The fraction of sp³-hybridized carbons (Fsp3) is 0.300. The van der Waals surface area contributed by atoms with E-state index < -0.39 is 8.07 Å². The first kappa shape index (κ1) is 15.8. The molecule has 0 bridgehead atoms. The third kappa shape index (κ3) is 3.35. The highest BCUT2D eigenvalue weighted by Gasteiger charge is 2.41. The standard InChI is InChI=1S/C20H26Si/c1-5-20(2,17-16-18-12-8-6-9-13-18)21(3,4)19-14-10-7-11-15-19/h5-15H,1,16-17H2,2-4H3/t20-/m0/s1. The van der Waals surface area contributed by atoms with E-state index in [1.165, 1.54) is 10.8 Å². The van der Waals surface area contributed by atoms with Crippen molar-refractivity contribution >= 4 is 13.3 Å². The first-order chi connectivity index (χ1) is 9.99. The van der Waals surface area contributed by atoms with Gasteiger partial charge in [-0.05, 0) is 23.4 Å². The van der Waals surface area contributed by atoms with Crippen LogP contribution in [0.2, 0.25) is 18.1 Å². The molecule has 0 nitrogen and oxygen atoms in total. The van der Waals surface area contributed by atoms with Gasteiger partial charge < -0.3 is 0 Å². The average Bonchev–Trinajstić information content (AvgIpc) is 2.54. The molecule has 0 spiro atoms. The van der Waals surface area contributed by atoms with Crippen molar-refractivity contribution in [1.29, 1.82) is 0 Å². The van der Waals surface area contributed by atoms with E-state index in [2.05, 4.69) is 93.3 Å². The highest BCUT2D eigenvalue weighted by atomic mass is 28.3. The van der Waals surface area contributed by atoms with Crippen molar-refractivity contribution in [2.24, 2.45) is 0 Å². The van der Waals surface area contributed by atoms with Crippen molar-refractivity contribution < 1.29 is 0 Å². The van der Waals surface area contributed by atoms with Crippen molar-refractivity contribution in [3.05, 3.63) is 78.9 Å². The summed E-state index contributed by atoms with van der Waals surface area (Å²) in [6, 6.07) is 21.8. The van der Waals surface area contributed by atoms with Gasteiger partial charge in [0.05, 0.1) is 8.07 Å². The highest BCUT2D eigenvalue weighted by molar-refractivity contribution is 6.92. The normalized spacial score (nSPS) is 14.4. The number of hydrogen-bond donors (Lipinski definition) is 0. The molecule has 0 saturated carbocycles. The van der Waals surface area contributed by atoms with Crippen LogP contribution in [0, 0.1) is 0 Å². The van der Waals surface area contributed by atoms with Gasteiger partial charge in [-0.3, -0.25) is 0 Å². The summed E-state index contributed by atoms with van der Waals surface area (Å²) >= 11 is 0. The van der Waals surface area contributed by atoms with E-state index in [-0.39, 0.29) is 5.04 Å². The van der Waals surface area contributed by atoms with Gasteiger partial charge >= 0.3 is 0 Å². The Kier molecular flexibility index (Phi) is 4.84. The maximum absolute atomic E-state index is 4.17. The number of aryl methyl sites for hydroxylation is 1. The lowest BCUT2D eigenvalue weighted by atomic mass is 10.00. The Labute approximate surface area is 130 Å². The second-order valence-corrected chi connectivity index (χ2v) is 11.6. The number of allylic oxidation sites excluding steroid dienone is 1. The van der Waals surface area contributed by atoms with Crippen LogP contribution in [0.5, 0.6) is 0 Å². The molecule has 0 amide bonds. The molecule has 2 aromatic carbocycles. The summed E-state index contributed by atoms with van der Waals surface area (Å²) in [6.45, 7) is 11.5. The van der Waals surface area contributed by atoms with E-state index in [1.54, 1.807) is 0 Å². The summed E-state index contributed by atoms with van der Waals surface area (Å²) in [5.74, 6) is 0. The zero-order chi connectivity index (χ0) is 15.3. The smallest absolute Gasteiger partial charge is 0.0901 e. The van der Waals surface area contributed by atoms with Crippen molar-refractivity contribution in [1.82, 2.24) is 0 Å². The van der Waals surface area contributed by atoms with Crippen LogP contribution >= 0.6 is 0 Å². The van der Waals surface area contributed by atoms with Crippen LogP contribution in [0.3, 0.4) is 0 Å². The molecular formula is C20H26Si. The maximum atomic E-state index is 4.17. The third-order valence-corrected chi connectivity index (χ3v) is 10.2. The molecule has 1 atom stereocenters. The zero-order valence-electron chi connectivity index (χ0n) is 13.5. The fourth-order valence-corrected chi connectivity index (χ4v) is 5.85. The molecule has 0 unspecified atom stereocenters. The maximum Gasteiger partial charge on any atom is 0.0901 e. The molecule has 0 aliphatic heterocycles. The second kappa shape index (κ2) is 6.44. The molecule has 0 fully saturated rings. The number of hydrogen-bond acceptors (Lipinski definition) is 0. The Bertz CT molecular complexity index is 571. The van der Waals surface area contributed by atoms with Crippen LogP contribution in [-0.2, 0) is 6.42 Å². The quantitative estimate of drug-likeness (QED) is 0.508. The Morgan fingerprint density at radius 1 is 0.952 bits per heavy atom. The summed E-state index contributed by atoms with van der Waals surface area (Å²) in [6.07, 6.45) is 4.48. The highest BCUT2D eigenvalue weighted by Crippen LogP contribution is 2.42. The largest absolute Gasteiger partial charge is 0.103 e. The van der Waals surface area contributed by atoms with Crippen molar-refractivity contribution in [2.45, 2.75) is 37.9 Å². The van der Waals surface area contributed by atoms with E-state index in [4.69, 9.17) is 0 Å². The summed E-state index contributed by atoms with van der Waals surface area (Å²) in [5.41, 5.74) is 1.42. The Balaban J connectivity index is 2.22. The molecule has 0 aromatic heterocycles. The lowest BCUT2D eigenvalue weighted by molar-refractivity contribution is 0.647. The van der Waals surface area contributed by atoms with Crippen LogP contribution < -0.4 is 5.19 Å². The first-order valence-corrected chi connectivity index (χ1v) is 10.7. The Morgan fingerprint density at radius 2 is 1.48 bits per heavy atom. The lowest BCUT2D eigenvalue weighted by Gasteiger charge is -2.41. The number of benzene rings is 2. The molecule has 0 radical (unpaired) electrons. The van der Waals surface area contributed by atoms with E-state index in [1.807, 2.05) is 0 Å². The van der Waals surface area contributed by atoms with Gasteiger partial charge in [-0.25, -0.2) is 0 Å². The van der Waals surface area contributed by atoms with Gasteiger partial charge in [-0.2, -0.15) is 0 Å². The van der Waals surface area contributed by atoms with Crippen LogP contribution in [0.1, 0.15) is 18.9 Å². The molecular weight excluding hydrogens is 268 g/mol. The summed E-state index contributed by atoms with van der Waals surface area (Å²) in [7, 11) is -1.60. The second-order valence-electron chi connectivity index (χ2n) is 6.60. The SMILES string of the molecule is C=C[C@@](C)(CCc1ccccc1)[Si](C)(C)c1ccccc1. The predicted molar refractivity (Wildman–Crippen MR) is 96.9 cm³/mol. The average molecular weight is 295 g/mol. The summed E-state index contributed by atoms with van der Waals surface area (Å²) in [4.78, 5) is 0. The third-order valence-electron chi connectivity index (χ3n) is 5.15. The van der Waals surface area contributed by atoms with Crippen LogP contribution in [-0.4, -0.2) is 8.07 Å². The Hall–Kier alpha value is -1.60. The summed E-state index contributed by atoms with van der Waals surface area (Å²) in [5, 5.41) is 1.71. The number of rotatable bonds is 6. The van der Waals surface area contributed by atoms with Gasteiger partial charge in [0.25, 0.3) is 0 Å². The minimum absolute atomic E-state index is 0.199.